The van der Waals surface area contributed by atoms with Gasteiger partial charge in [-0.05, 0) is 71.8 Å². The first kappa shape index (κ1) is 21.1. The maximum Gasteiger partial charge on any atom is 0.0555 e. The molecule has 3 heteroatoms. The van der Waals surface area contributed by atoms with E-state index in [4.69, 9.17) is 0 Å². The van der Waals surface area contributed by atoms with Crippen LogP contribution < -0.4 is 0 Å². The molecule has 0 spiro atoms. The molecule has 0 unspecified atom stereocenters. The van der Waals surface area contributed by atoms with Crippen LogP contribution in [0.5, 0.6) is 0 Å². The van der Waals surface area contributed by atoms with Crippen LogP contribution in [0.2, 0.25) is 0 Å². The van der Waals surface area contributed by atoms with Crippen molar-refractivity contribution < 1.29 is 0 Å². The van der Waals surface area contributed by atoms with E-state index < -0.39 is 0 Å². The fraction of sp³-hybridized carbons (Fsp3) is 0. The Hall–Kier alpha value is -4.86. The maximum absolute atomic E-state index is 2.46. The van der Waals surface area contributed by atoms with Gasteiger partial charge in [0.2, 0.25) is 0 Å². The second-order valence-electron chi connectivity index (χ2n) is 10.2. The summed E-state index contributed by atoms with van der Waals surface area (Å²) in [6, 6.07) is 48.5. The Morgan fingerprint density at radius 1 is 0.359 bits per heavy atom. The SMILES string of the molecule is c1ccc(-c2cccc(-n3c4cccc5sc6cccc7c6c6c(c54)c3ccc6n7-c3ccccc3)c2)cc1. The number of rotatable bonds is 3. The zero-order valence-corrected chi connectivity index (χ0v) is 21.8. The van der Waals surface area contributed by atoms with Gasteiger partial charge in [0.05, 0.1) is 22.1 Å². The van der Waals surface area contributed by atoms with E-state index in [-0.39, 0.29) is 0 Å². The normalized spacial score (nSPS) is 12.1. The predicted molar refractivity (Wildman–Crippen MR) is 167 cm³/mol. The van der Waals surface area contributed by atoms with Crippen molar-refractivity contribution in [3.8, 4) is 22.5 Å². The summed E-state index contributed by atoms with van der Waals surface area (Å²) in [6.07, 6.45) is 0. The van der Waals surface area contributed by atoms with Crippen molar-refractivity contribution in [1.82, 2.24) is 9.13 Å². The molecule has 182 valence electrons. The molecule has 9 aromatic rings. The van der Waals surface area contributed by atoms with E-state index in [0.717, 1.165) is 0 Å². The summed E-state index contributed by atoms with van der Waals surface area (Å²) in [7, 11) is 0. The highest BCUT2D eigenvalue weighted by Crippen LogP contribution is 2.47. The zero-order valence-electron chi connectivity index (χ0n) is 21.0. The van der Waals surface area contributed by atoms with Gasteiger partial charge >= 0.3 is 0 Å². The average Bonchev–Trinajstić information content (AvgIpc) is 3.46. The summed E-state index contributed by atoms with van der Waals surface area (Å²) in [4.78, 5) is 0. The van der Waals surface area contributed by atoms with Gasteiger partial charge in [-0.2, -0.15) is 0 Å². The molecule has 0 bridgehead atoms. The molecule has 0 N–H and O–H groups in total. The van der Waals surface area contributed by atoms with E-state index in [9.17, 15) is 0 Å². The number of benzene rings is 6. The molecule has 2 nitrogen and oxygen atoms in total. The van der Waals surface area contributed by atoms with Crippen molar-refractivity contribution >= 4 is 64.3 Å². The molecule has 0 aliphatic rings. The third-order valence-electron chi connectivity index (χ3n) is 8.08. The van der Waals surface area contributed by atoms with E-state index in [1.807, 2.05) is 11.3 Å². The lowest BCUT2D eigenvalue weighted by Crippen LogP contribution is -1.95. The van der Waals surface area contributed by atoms with Crippen LogP contribution in [0.1, 0.15) is 0 Å². The average molecular weight is 515 g/mol. The Bertz CT molecular complexity index is 2320. The highest BCUT2D eigenvalue weighted by molar-refractivity contribution is 7.24. The van der Waals surface area contributed by atoms with Gasteiger partial charge in [0, 0.05) is 42.3 Å². The number of para-hydroxylation sites is 1. The molecular weight excluding hydrogens is 492 g/mol. The highest BCUT2D eigenvalue weighted by atomic mass is 32.1. The Kier molecular flexibility index (Phi) is 4.24. The molecule has 0 radical (unpaired) electrons. The minimum atomic E-state index is 1.19. The summed E-state index contributed by atoms with van der Waals surface area (Å²) in [5, 5.41) is 5.39. The van der Waals surface area contributed by atoms with Crippen LogP contribution >= 0.6 is 11.3 Å². The summed E-state index contributed by atoms with van der Waals surface area (Å²) in [6.45, 7) is 0. The lowest BCUT2D eigenvalue weighted by molar-refractivity contribution is 1.17. The van der Waals surface area contributed by atoms with Crippen molar-refractivity contribution in [3.05, 3.63) is 133 Å². The first-order valence-corrected chi connectivity index (χ1v) is 14.1. The van der Waals surface area contributed by atoms with Gasteiger partial charge in [0.25, 0.3) is 0 Å². The van der Waals surface area contributed by atoms with Crippen LogP contribution in [0.3, 0.4) is 0 Å². The Morgan fingerprint density at radius 2 is 0.846 bits per heavy atom. The minimum absolute atomic E-state index is 1.19. The second kappa shape index (κ2) is 7.83. The Balaban J connectivity index is 1.47. The van der Waals surface area contributed by atoms with E-state index in [1.54, 1.807) is 0 Å². The molecule has 0 atom stereocenters. The molecule has 0 saturated carbocycles. The molecule has 0 aliphatic carbocycles. The molecule has 0 fully saturated rings. The number of hydrogen-bond donors (Lipinski definition) is 0. The first-order valence-electron chi connectivity index (χ1n) is 13.3. The molecule has 3 aromatic heterocycles. The number of nitrogens with zero attached hydrogens (tertiary/aromatic N) is 2. The molecule has 9 rings (SSSR count). The van der Waals surface area contributed by atoms with Crippen LogP contribution in [-0.2, 0) is 0 Å². The molecular formula is C36H22N2S. The van der Waals surface area contributed by atoms with E-state index >= 15 is 0 Å². The van der Waals surface area contributed by atoms with Gasteiger partial charge in [-0.25, -0.2) is 0 Å². The van der Waals surface area contributed by atoms with Crippen LogP contribution in [0, 0.1) is 0 Å². The van der Waals surface area contributed by atoms with Gasteiger partial charge in [0.15, 0.2) is 0 Å². The van der Waals surface area contributed by atoms with E-state index in [1.165, 1.54) is 75.5 Å². The van der Waals surface area contributed by atoms with Crippen molar-refractivity contribution in [2.45, 2.75) is 0 Å². The zero-order chi connectivity index (χ0) is 25.5. The van der Waals surface area contributed by atoms with Gasteiger partial charge < -0.3 is 9.13 Å². The van der Waals surface area contributed by atoms with E-state index in [2.05, 4.69) is 143 Å². The molecule has 0 saturated heterocycles. The third kappa shape index (κ3) is 2.85. The van der Waals surface area contributed by atoms with Crippen LogP contribution in [0.4, 0.5) is 0 Å². The lowest BCUT2D eigenvalue weighted by Gasteiger charge is -2.11. The fourth-order valence-corrected chi connectivity index (χ4v) is 7.66. The highest BCUT2D eigenvalue weighted by Gasteiger charge is 2.23. The summed E-state index contributed by atoms with van der Waals surface area (Å²) in [5.41, 5.74) is 9.85. The molecule has 3 heterocycles. The molecule has 6 aromatic carbocycles. The lowest BCUT2D eigenvalue weighted by atomic mass is 10.0. The summed E-state index contributed by atoms with van der Waals surface area (Å²) >= 11 is 1.90. The predicted octanol–water partition coefficient (Wildman–Crippen LogP) is 10.2. The van der Waals surface area contributed by atoms with Crippen LogP contribution in [0.15, 0.2) is 133 Å². The number of aromatic nitrogens is 2. The standard InChI is InChI=1S/C36H22N2S/c1-3-10-23(11-4-1)24-12-7-15-26(22-24)38-28-17-9-19-32-34(28)36-30(38)21-20-29-35(36)33-27(16-8-18-31(33)39-32)37(29)25-13-5-2-6-14-25/h1-22H. The van der Waals surface area contributed by atoms with Crippen molar-refractivity contribution in [3.63, 3.8) is 0 Å². The Labute approximate surface area is 228 Å². The third-order valence-corrected chi connectivity index (χ3v) is 9.20. The summed E-state index contributed by atoms with van der Waals surface area (Å²) in [5.74, 6) is 0. The van der Waals surface area contributed by atoms with Crippen molar-refractivity contribution in [2.75, 3.05) is 0 Å². The van der Waals surface area contributed by atoms with E-state index in [0.29, 0.717) is 0 Å². The smallest absolute Gasteiger partial charge is 0.0555 e. The Morgan fingerprint density at radius 3 is 1.49 bits per heavy atom. The van der Waals surface area contributed by atoms with Crippen molar-refractivity contribution in [1.29, 1.82) is 0 Å². The number of hydrogen-bond acceptors (Lipinski definition) is 1. The second-order valence-corrected chi connectivity index (χ2v) is 11.3. The quantitative estimate of drug-likeness (QED) is 0.222. The largest absolute Gasteiger partial charge is 0.309 e. The maximum atomic E-state index is 2.46. The van der Waals surface area contributed by atoms with Crippen LogP contribution in [-0.4, -0.2) is 9.13 Å². The molecule has 0 amide bonds. The fourth-order valence-electron chi connectivity index (χ4n) is 6.51. The topological polar surface area (TPSA) is 9.86 Å². The first-order chi connectivity index (χ1) is 19.4. The van der Waals surface area contributed by atoms with Gasteiger partial charge in [-0.3, -0.25) is 0 Å². The minimum Gasteiger partial charge on any atom is -0.309 e. The van der Waals surface area contributed by atoms with Gasteiger partial charge in [-0.1, -0.05) is 72.8 Å². The van der Waals surface area contributed by atoms with Crippen LogP contribution in [0.25, 0.3) is 75.5 Å². The van der Waals surface area contributed by atoms with Crippen molar-refractivity contribution in [2.24, 2.45) is 0 Å². The van der Waals surface area contributed by atoms with Gasteiger partial charge in [0.1, 0.15) is 0 Å². The van der Waals surface area contributed by atoms with Gasteiger partial charge in [-0.15, -0.1) is 11.3 Å². The monoisotopic (exact) mass is 514 g/mol. The molecule has 0 aliphatic heterocycles. The molecule has 39 heavy (non-hydrogen) atoms. The summed E-state index contributed by atoms with van der Waals surface area (Å²) < 4.78 is 7.53.